The summed E-state index contributed by atoms with van der Waals surface area (Å²) in [7, 11) is 0. The van der Waals surface area contributed by atoms with Crippen LogP contribution in [0.15, 0.2) is 0 Å². The van der Waals surface area contributed by atoms with Gasteiger partial charge in [-0.2, -0.15) is 0 Å². The van der Waals surface area contributed by atoms with E-state index in [9.17, 15) is 0 Å². The van der Waals surface area contributed by atoms with Crippen molar-refractivity contribution in [2.24, 2.45) is 5.41 Å². The summed E-state index contributed by atoms with van der Waals surface area (Å²) in [6.07, 6.45) is 7.44. The molecule has 2 fully saturated rings. The van der Waals surface area contributed by atoms with Gasteiger partial charge in [-0.3, -0.25) is 0 Å². The Morgan fingerprint density at radius 2 is 1.80 bits per heavy atom. The Morgan fingerprint density at radius 3 is 2.20 bits per heavy atom. The molecule has 2 heteroatoms. The van der Waals surface area contributed by atoms with Crippen LogP contribution in [0.4, 0.5) is 0 Å². The molecule has 0 radical (unpaired) electrons. The third-order valence-corrected chi connectivity index (χ3v) is 3.85. The monoisotopic (exact) mass is 251 g/mol. The van der Waals surface area contributed by atoms with E-state index in [4.69, 9.17) is 0 Å². The molecule has 0 aromatic heterocycles. The zero-order valence-electron chi connectivity index (χ0n) is 6.27. The first-order chi connectivity index (χ1) is 4.81. The lowest BCUT2D eigenvalue weighted by Crippen LogP contribution is -2.42. The Balaban J connectivity index is 1.96. The van der Waals surface area contributed by atoms with E-state index in [-0.39, 0.29) is 0 Å². The lowest BCUT2D eigenvalue weighted by molar-refractivity contribution is 0.0669. The molecule has 2 rings (SSSR count). The van der Waals surface area contributed by atoms with Gasteiger partial charge >= 0.3 is 0 Å². The maximum Gasteiger partial charge on any atom is 0.0201 e. The molecule has 1 spiro atoms. The Bertz CT molecular complexity index is 131. The van der Waals surface area contributed by atoms with Crippen LogP contribution < -0.4 is 0 Å². The highest BCUT2D eigenvalue weighted by molar-refractivity contribution is 14.1. The molecule has 0 amide bonds. The number of rotatable bonds is 0. The van der Waals surface area contributed by atoms with Crippen molar-refractivity contribution in [2.75, 3.05) is 13.1 Å². The van der Waals surface area contributed by atoms with Gasteiger partial charge in [0.15, 0.2) is 0 Å². The standard InChI is InChI=1S/C8H14IN/c9-10-6-2-5-8(7-10)3-1-4-8/h1-7H2. The summed E-state index contributed by atoms with van der Waals surface area (Å²) in [6.45, 7) is 2.69. The average Bonchev–Trinajstić information content (AvgIpc) is 1.85. The Kier molecular flexibility index (Phi) is 1.93. The minimum atomic E-state index is 0.791. The van der Waals surface area contributed by atoms with Crippen LogP contribution in [-0.2, 0) is 0 Å². The molecule has 58 valence electrons. The molecule has 1 nitrogen and oxygen atoms in total. The summed E-state index contributed by atoms with van der Waals surface area (Å²) in [5.74, 6) is 0. The highest BCUT2D eigenvalue weighted by atomic mass is 127. The summed E-state index contributed by atoms with van der Waals surface area (Å²) < 4.78 is 2.47. The van der Waals surface area contributed by atoms with Crippen molar-refractivity contribution in [3.05, 3.63) is 0 Å². The van der Waals surface area contributed by atoms with Crippen molar-refractivity contribution in [1.29, 1.82) is 0 Å². The van der Waals surface area contributed by atoms with Crippen LogP contribution in [0.1, 0.15) is 32.1 Å². The third kappa shape index (κ3) is 1.20. The number of halogens is 1. The van der Waals surface area contributed by atoms with Crippen molar-refractivity contribution in [3.8, 4) is 0 Å². The predicted molar refractivity (Wildman–Crippen MR) is 51.1 cm³/mol. The van der Waals surface area contributed by atoms with Crippen LogP contribution in [0.25, 0.3) is 0 Å². The summed E-state index contributed by atoms with van der Waals surface area (Å²) in [4.78, 5) is 0. The van der Waals surface area contributed by atoms with E-state index in [0.717, 1.165) is 5.41 Å². The maximum absolute atomic E-state index is 2.47. The summed E-state index contributed by atoms with van der Waals surface area (Å²) in [5.41, 5.74) is 0.791. The second-order valence-electron chi connectivity index (χ2n) is 3.80. The topological polar surface area (TPSA) is 3.24 Å². The zero-order valence-corrected chi connectivity index (χ0v) is 8.43. The molecular weight excluding hydrogens is 237 g/mol. The molecule has 2 aliphatic rings. The fourth-order valence-corrected chi connectivity index (χ4v) is 3.30. The van der Waals surface area contributed by atoms with Gasteiger partial charge in [-0.1, -0.05) is 6.42 Å². The molecule has 0 N–H and O–H groups in total. The van der Waals surface area contributed by atoms with Crippen LogP contribution in [0.3, 0.4) is 0 Å². The van der Waals surface area contributed by atoms with Gasteiger partial charge < -0.3 is 0 Å². The normalized spacial score (nSPS) is 32.1. The fraction of sp³-hybridized carbons (Fsp3) is 1.00. The van der Waals surface area contributed by atoms with Crippen LogP contribution in [0.2, 0.25) is 0 Å². The summed E-state index contributed by atoms with van der Waals surface area (Å²) in [6, 6.07) is 0. The van der Waals surface area contributed by atoms with E-state index in [1.807, 2.05) is 0 Å². The maximum atomic E-state index is 2.47. The Hall–Kier alpha value is 0.690. The molecular formula is C8H14IN. The van der Waals surface area contributed by atoms with Crippen molar-refractivity contribution in [2.45, 2.75) is 32.1 Å². The third-order valence-electron chi connectivity index (χ3n) is 3.03. The van der Waals surface area contributed by atoms with Crippen molar-refractivity contribution in [1.82, 2.24) is 3.11 Å². The first-order valence-electron chi connectivity index (χ1n) is 4.22. The first kappa shape index (κ1) is 7.35. The second-order valence-corrected chi connectivity index (χ2v) is 5.17. The van der Waals surface area contributed by atoms with Gasteiger partial charge in [0.2, 0.25) is 0 Å². The van der Waals surface area contributed by atoms with E-state index in [1.165, 1.54) is 45.2 Å². The highest BCUT2D eigenvalue weighted by Crippen LogP contribution is 2.47. The molecule has 0 unspecified atom stereocenters. The lowest BCUT2D eigenvalue weighted by atomic mass is 9.65. The quantitative estimate of drug-likeness (QED) is 0.472. The second kappa shape index (κ2) is 2.63. The van der Waals surface area contributed by atoms with Gasteiger partial charge in [0.05, 0.1) is 0 Å². The van der Waals surface area contributed by atoms with Gasteiger partial charge in [0, 0.05) is 36.0 Å². The van der Waals surface area contributed by atoms with Crippen LogP contribution in [-0.4, -0.2) is 16.2 Å². The van der Waals surface area contributed by atoms with E-state index in [0.29, 0.717) is 0 Å². The molecule has 1 saturated heterocycles. The number of piperidine rings is 1. The lowest BCUT2D eigenvalue weighted by Gasteiger charge is -2.47. The van der Waals surface area contributed by atoms with E-state index >= 15 is 0 Å². The molecule has 0 aromatic rings. The molecule has 0 atom stereocenters. The predicted octanol–water partition coefficient (Wildman–Crippen LogP) is 2.60. The van der Waals surface area contributed by atoms with E-state index < -0.39 is 0 Å². The molecule has 0 bridgehead atoms. The number of hydrogen-bond donors (Lipinski definition) is 0. The molecule has 1 aliphatic heterocycles. The largest absolute Gasteiger partial charge is 0.247 e. The molecule has 1 heterocycles. The van der Waals surface area contributed by atoms with Crippen LogP contribution in [0.5, 0.6) is 0 Å². The zero-order chi connectivity index (χ0) is 7.03. The minimum absolute atomic E-state index is 0.791. The van der Waals surface area contributed by atoms with Gasteiger partial charge in [-0.25, -0.2) is 3.11 Å². The summed E-state index contributed by atoms with van der Waals surface area (Å²) in [5, 5.41) is 0. The van der Waals surface area contributed by atoms with E-state index in [1.54, 1.807) is 0 Å². The van der Waals surface area contributed by atoms with Crippen molar-refractivity contribution in [3.63, 3.8) is 0 Å². The van der Waals surface area contributed by atoms with Crippen molar-refractivity contribution < 1.29 is 0 Å². The average molecular weight is 251 g/mol. The summed E-state index contributed by atoms with van der Waals surface area (Å²) >= 11 is 2.47. The molecule has 1 saturated carbocycles. The molecule has 0 aromatic carbocycles. The number of nitrogens with zero attached hydrogens (tertiary/aromatic N) is 1. The Morgan fingerprint density at radius 1 is 1.10 bits per heavy atom. The van der Waals surface area contributed by atoms with Gasteiger partial charge in [-0.15, -0.1) is 0 Å². The van der Waals surface area contributed by atoms with Crippen LogP contribution >= 0.6 is 22.9 Å². The van der Waals surface area contributed by atoms with Gasteiger partial charge in [-0.05, 0) is 31.1 Å². The smallest absolute Gasteiger partial charge is 0.0201 e. The SMILES string of the molecule is IN1CCCC2(CCC2)C1. The first-order valence-corrected chi connectivity index (χ1v) is 5.18. The molecule has 1 aliphatic carbocycles. The van der Waals surface area contributed by atoms with Gasteiger partial charge in [0.25, 0.3) is 0 Å². The number of hydrogen-bond acceptors (Lipinski definition) is 1. The van der Waals surface area contributed by atoms with Gasteiger partial charge in [0.1, 0.15) is 0 Å². The Labute approximate surface area is 76.7 Å². The fourth-order valence-electron chi connectivity index (χ4n) is 2.23. The highest BCUT2D eigenvalue weighted by Gasteiger charge is 2.39. The minimum Gasteiger partial charge on any atom is -0.247 e. The van der Waals surface area contributed by atoms with Crippen molar-refractivity contribution >= 4 is 22.9 Å². The molecule has 10 heavy (non-hydrogen) atoms. The van der Waals surface area contributed by atoms with E-state index in [2.05, 4.69) is 26.0 Å². The van der Waals surface area contributed by atoms with Crippen LogP contribution in [0, 0.1) is 5.41 Å².